The number of rotatable bonds is 6. The van der Waals surface area contributed by atoms with Gasteiger partial charge in [-0.3, -0.25) is 4.39 Å². The van der Waals surface area contributed by atoms with Crippen molar-refractivity contribution in [2.45, 2.75) is 77.6 Å². The van der Waals surface area contributed by atoms with Gasteiger partial charge in [-0.2, -0.15) is 0 Å². The SMILES string of the molecule is CCCC1CCC([C@H]2CC[C@H](/C=C/CCF)CC2)CC1. The molecule has 116 valence electrons. The van der Waals surface area contributed by atoms with E-state index in [-0.39, 0.29) is 6.67 Å². The van der Waals surface area contributed by atoms with Gasteiger partial charge in [-0.1, -0.05) is 44.8 Å². The minimum atomic E-state index is -0.202. The normalized spacial score (nSPS) is 35.5. The van der Waals surface area contributed by atoms with Crippen LogP contribution in [-0.2, 0) is 0 Å². The van der Waals surface area contributed by atoms with Crippen LogP contribution >= 0.6 is 0 Å². The predicted octanol–water partition coefficient (Wildman–Crippen LogP) is 6.32. The Bertz CT molecular complexity index is 267. The van der Waals surface area contributed by atoms with E-state index in [1.54, 1.807) is 0 Å². The zero-order chi connectivity index (χ0) is 14.2. The van der Waals surface area contributed by atoms with Crippen LogP contribution in [0.15, 0.2) is 12.2 Å². The average Bonchev–Trinajstić information content (AvgIpc) is 2.49. The van der Waals surface area contributed by atoms with E-state index in [9.17, 15) is 4.39 Å². The molecule has 0 spiro atoms. The largest absolute Gasteiger partial charge is 0.251 e. The van der Waals surface area contributed by atoms with Gasteiger partial charge in [-0.15, -0.1) is 0 Å². The van der Waals surface area contributed by atoms with Crippen LogP contribution < -0.4 is 0 Å². The van der Waals surface area contributed by atoms with Gasteiger partial charge in [0.2, 0.25) is 0 Å². The minimum absolute atomic E-state index is 0.202. The van der Waals surface area contributed by atoms with Crippen molar-refractivity contribution in [1.29, 1.82) is 0 Å². The minimum Gasteiger partial charge on any atom is -0.251 e. The summed E-state index contributed by atoms with van der Waals surface area (Å²) in [6, 6.07) is 0. The molecule has 0 heterocycles. The molecular formula is C19H33F. The molecule has 0 saturated heterocycles. The molecule has 2 aliphatic carbocycles. The molecule has 2 rings (SSSR count). The van der Waals surface area contributed by atoms with Crippen molar-refractivity contribution in [3.63, 3.8) is 0 Å². The molecule has 2 fully saturated rings. The van der Waals surface area contributed by atoms with Crippen LogP contribution in [0.25, 0.3) is 0 Å². The summed E-state index contributed by atoms with van der Waals surface area (Å²) in [4.78, 5) is 0. The quantitative estimate of drug-likeness (QED) is 0.500. The van der Waals surface area contributed by atoms with Gasteiger partial charge in [0.05, 0.1) is 6.67 Å². The first-order valence-corrected chi connectivity index (χ1v) is 9.06. The lowest BCUT2D eigenvalue weighted by Gasteiger charge is -2.37. The van der Waals surface area contributed by atoms with E-state index >= 15 is 0 Å². The molecule has 0 aromatic rings. The van der Waals surface area contributed by atoms with Gasteiger partial charge >= 0.3 is 0 Å². The first-order valence-electron chi connectivity index (χ1n) is 9.06. The highest BCUT2D eigenvalue weighted by Gasteiger charge is 2.29. The molecule has 2 saturated carbocycles. The first kappa shape index (κ1) is 16.0. The van der Waals surface area contributed by atoms with Crippen LogP contribution in [0.3, 0.4) is 0 Å². The van der Waals surface area contributed by atoms with Crippen LogP contribution in [0, 0.1) is 23.7 Å². The predicted molar refractivity (Wildman–Crippen MR) is 85.5 cm³/mol. The van der Waals surface area contributed by atoms with Gasteiger partial charge in [0.15, 0.2) is 0 Å². The first-order chi connectivity index (χ1) is 9.83. The lowest BCUT2D eigenvalue weighted by molar-refractivity contribution is 0.152. The molecule has 0 aliphatic heterocycles. The molecule has 0 unspecified atom stereocenters. The van der Waals surface area contributed by atoms with Crippen LogP contribution in [0.4, 0.5) is 4.39 Å². The number of halogens is 1. The highest BCUT2D eigenvalue weighted by molar-refractivity contribution is 4.92. The standard InChI is InChI=1S/C19H33F/c1-2-5-16-7-11-18(12-8-16)19-13-9-17(10-14-19)6-3-4-15-20/h3,6,16-19H,2,4-5,7-15H2,1H3/b6-3+/t16?,17-,18?,19-. The van der Waals surface area contributed by atoms with E-state index in [0.29, 0.717) is 6.42 Å². The Morgan fingerprint density at radius 1 is 0.900 bits per heavy atom. The third-order valence-electron chi connectivity index (χ3n) is 5.76. The second kappa shape index (κ2) is 8.85. The van der Waals surface area contributed by atoms with E-state index in [0.717, 1.165) is 23.7 Å². The van der Waals surface area contributed by atoms with Crippen LogP contribution in [0.2, 0.25) is 0 Å². The summed E-state index contributed by atoms with van der Waals surface area (Å²) >= 11 is 0. The molecule has 0 bridgehead atoms. The highest BCUT2D eigenvalue weighted by Crippen LogP contribution is 2.42. The van der Waals surface area contributed by atoms with Crippen molar-refractivity contribution in [2.24, 2.45) is 23.7 Å². The van der Waals surface area contributed by atoms with Gasteiger partial charge in [0.25, 0.3) is 0 Å². The lowest BCUT2D eigenvalue weighted by atomic mass is 9.68. The van der Waals surface area contributed by atoms with Crippen LogP contribution in [-0.4, -0.2) is 6.67 Å². The summed E-state index contributed by atoms with van der Waals surface area (Å²) in [6.45, 7) is 2.12. The number of allylic oxidation sites excluding steroid dienone is 2. The van der Waals surface area contributed by atoms with Crippen molar-refractivity contribution < 1.29 is 4.39 Å². The molecular weight excluding hydrogens is 247 g/mol. The monoisotopic (exact) mass is 280 g/mol. The van der Waals surface area contributed by atoms with E-state index in [4.69, 9.17) is 0 Å². The smallest absolute Gasteiger partial charge is 0.0928 e. The third-order valence-corrected chi connectivity index (χ3v) is 5.76. The Hall–Kier alpha value is -0.330. The fourth-order valence-electron chi connectivity index (χ4n) is 4.52. The van der Waals surface area contributed by atoms with Crippen molar-refractivity contribution in [2.75, 3.05) is 6.67 Å². The summed E-state index contributed by atoms with van der Waals surface area (Å²) in [6.07, 6.45) is 19.3. The molecule has 1 heteroatoms. The average molecular weight is 280 g/mol. The van der Waals surface area contributed by atoms with Crippen molar-refractivity contribution in [3.05, 3.63) is 12.2 Å². The summed E-state index contributed by atoms with van der Waals surface area (Å²) in [5.41, 5.74) is 0. The molecule has 0 radical (unpaired) electrons. The summed E-state index contributed by atoms with van der Waals surface area (Å²) in [5.74, 6) is 3.81. The van der Waals surface area contributed by atoms with E-state index < -0.39 is 0 Å². The Kier molecular flexibility index (Phi) is 7.10. The fourth-order valence-corrected chi connectivity index (χ4v) is 4.52. The second-order valence-electron chi connectivity index (χ2n) is 7.15. The molecule has 0 amide bonds. The Balaban J connectivity index is 1.67. The number of hydrogen-bond donors (Lipinski definition) is 0. The van der Waals surface area contributed by atoms with Gasteiger partial charge in [-0.05, 0) is 68.6 Å². The Morgan fingerprint density at radius 2 is 1.50 bits per heavy atom. The fraction of sp³-hybridized carbons (Fsp3) is 0.895. The van der Waals surface area contributed by atoms with Crippen molar-refractivity contribution >= 4 is 0 Å². The maximum atomic E-state index is 12.1. The maximum Gasteiger partial charge on any atom is 0.0928 e. The Morgan fingerprint density at radius 3 is 2.05 bits per heavy atom. The molecule has 20 heavy (non-hydrogen) atoms. The van der Waals surface area contributed by atoms with Gasteiger partial charge < -0.3 is 0 Å². The highest BCUT2D eigenvalue weighted by atomic mass is 19.1. The molecule has 0 aromatic heterocycles. The molecule has 2 aliphatic rings. The molecule has 0 nitrogen and oxygen atoms in total. The molecule has 0 aromatic carbocycles. The second-order valence-corrected chi connectivity index (χ2v) is 7.15. The van der Waals surface area contributed by atoms with Gasteiger partial charge in [0.1, 0.15) is 0 Å². The van der Waals surface area contributed by atoms with E-state index in [1.807, 2.05) is 0 Å². The molecule has 0 atom stereocenters. The summed E-state index contributed by atoms with van der Waals surface area (Å²) in [7, 11) is 0. The summed E-state index contributed by atoms with van der Waals surface area (Å²) in [5, 5.41) is 0. The maximum absolute atomic E-state index is 12.1. The Labute approximate surface area is 125 Å². The van der Waals surface area contributed by atoms with Gasteiger partial charge in [-0.25, -0.2) is 0 Å². The van der Waals surface area contributed by atoms with Crippen LogP contribution in [0.1, 0.15) is 77.6 Å². The zero-order valence-corrected chi connectivity index (χ0v) is 13.3. The number of alkyl halides is 1. The number of hydrogen-bond acceptors (Lipinski definition) is 0. The van der Waals surface area contributed by atoms with E-state index in [1.165, 1.54) is 64.2 Å². The van der Waals surface area contributed by atoms with Crippen LogP contribution in [0.5, 0.6) is 0 Å². The van der Waals surface area contributed by atoms with Crippen molar-refractivity contribution in [1.82, 2.24) is 0 Å². The summed E-state index contributed by atoms with van der Waals surface area (Å²) < 4.78 is 12.1. The van der Waals surface area contributed by atoms with E-state index in [2.05, 4.69) is 19.1 Å². The molecule has 0 N–H and O–H groups in total. The topological polar surface area (TPSA) is 0 Å². The lowest BCUT2D eigenvalue weighted by Crippen LogP contribution is -2.25. The zero-order valence-electron chi connectivity index (χ0n) is 13.3. The van der Waals surface area contributed by atoms with Crippen molar-refractivity contribution in [3.8, 4) is 0 Å². The third kappa shape index (κ3) is 4.90. The van der Waals surface area contributed by atoms with Gasteiger partial charge in [0, 0.05) is 0 Å².